The van der Waals surface area contributed by atoms with E-state index in [1.54, 1.807) is 0 Å². The van der Waals surface area contributed by atoms with E-state index in [2.05, 4.69) is 5.32 Å². The van der Waals surface area contributed by atoms with Gasteiger partial charge in [0.15, 0.2) is 0 Å². The fraction of sp³-hybridized carbons (Fsp3) is 0.846. The lowest BCUT2D eigenvalue weighted by Crippen LogP contribution is -2.44. The number of rotatable bonds is 4. The van der Waals surface area contributed by atoms with Gasteiger partial charge in [-0.15, -0.1) is 0 Å². The van der Waals surface area contributed by atoms with Gasteiger partial charge in [-0.1, -0.05) is 0 Å². The van der Waals surface area contributed by atoms with Crippen molar-refractivity contribution in [2.45, 2.75) is 63.2 Å². The Kier molecular flexibility index (Phi) is 4.91. The average Bonchev–Trinajstić information content (AvgIpc) is 2.89. The van der Waals surface area contributed by atoms with Gasteiger partial charge in [0.1, 0.15) is 12.2 Å². The summed E-state index contributed by atoms with van der Waals surface area (Å²) in [6.07, 6.45) is -0.728. The summed E-state index contributed by atoms with van der Waals surface area (Å²) in [5.41, 5.74) is 5.12. The number of alkyl halides is 2. The molecule has 2 amide bonds. The normalized spacial score (nSPS) is 34.1. The van der Waals surface area contributed by atoms with Gasteiger partial charge in [-0.05, 0) is 38.5 Å². The highest BCUT2D eigenvalue weighted by Crippen LogP contribution is 2.29. The molecule has 1 saturated heterocycles. The molecule has 2 atom stereocenters. The van der Waals surface area contributed by atoms with Gasteiger partial charge < -0.3 is 15.8 Å². The molecule has 5 nitrogen and oxygen atoms in total. The number of nitrogens with one attached hydrogen (secondary N) is 1. The molecule has 0 aromatic rings. The molecule has 0 radical (unpaired) electrons. The maximum absolute atomic E-state index is 12.5. The van der Waals surface area contributed by atoms with Crippen LogP contribution >= 0.6 is 0 Å². The Labute approximate surface area is 116 Å². The summed E-state index contributed by atoms with van der Waals surface area (Å²) < 4.78 is 30.3. The highest BCUT2D eigenvalue weighted by atomic mass is 19.3. The van der Waals surface area contributed by atoms with Crippen molar-refractivity contribution in [3.8, 4) is 0 Å². The van der Waals surface area contributed by atoms with Crippen LogP contribution in [-0.2, 0) is 14.3 Å². The average molecular weight is 290 g/mol. The summed E-state index contributed by atoms with van der Waals surface area (Å²) in [5.74, 6) is -1.38. The summed E-state index contributed by atoms with van der Waals surface area (Å²) >= 11 is 0. The van der Waals surface area contributed by atoms with Crippen LogP contribution in [0.4, 0.5) is 8.78 Å². The summed E-state index contributed by atoms with van der Waals surface area (Å²) in [6.45, 7) is 0. The van der Waals surface area contributed by atoms with Crippen LogP contribution < -0.4 is 11.1 Å². The number of ether oxygens (including phenoxy) is 1. The van der Waals surface area contributed by atoms with Crippen molar-refractivity contribution in [1.29, 1.82) is 0 Å². The van der Waals surface area contributed by atoms with Gasteiger partial charge in [0, 0.05) is 12.0 Å². The van der Waals surface area contributed by atoms with Crippen LogP contribution in [0.5, 0.6) is 0 Å². The van der Waals surface area contributed by atoms with Crippen molar-refractivity contribution in [2.75, 3.05) is 0 Å². The van der Waals surface area contributed by atoms with Gasteiger partial charge in [0.05, 0.1) is 0 Å². The Hall–Kier alpha value is -1.24. The third-order valence-electron chi connectivity index (χ3n) is 4.10. The fourth-order valence-corrected chi connectivity index (χ4v) is 2.85. The maximum Gasteiger partial charge on any atom is 0.249 e. The molecule has 0 unspecified atom stereocenters. The van der Waals surface area contributed by atoms with E-state index >= 15 is 0 Å². The lowest BCUT2D eigenvalue weighted by atomic mass is 9.86. The third kappa shape index (κ3) is 3.65. The second-order valence-corrected chi connectivity index (χ2v) is 5.55. The smallest absolute Gasteiger partial charge is 0.249 e. The first-order chi connectivity index (χ1) is 9.47. The second-order valence-electron chi connectivity index (χ2n) is 5.55. The Morgan fingerprint density at radius 2 is 1.65 bits per heavy atom. The highest BCUT2D eigenvalue weighted by Gasteiger charge is 2.35. The minimum absolute atomic E-state index is 0.0753. The summed E-state index contributed by atoms with van der Waals surface area (Å²) in [5, 5.41) is 2.82. The van der Waals surface area contributed by atoms with Crippen LogP contribution in [0.1, 0.15) is 38.5 Å². The van der Waals surface area contributed by atoms with E-state index in [1.165, 1.54) is 0 Å². The van der Waals surface area contributed by atoms with Crippen LogP contribution in [0.2, 0.25) is 0 Å². The predicted octanol–water partition coefficient (Wildman–Crippen LogP) is 0.959. The molecule has 0 aromatic heterocycles. The lowest BCUT2D eigenvalue weighted by Gasteiger charge is -2.29. The molecule has 1 aliphatic carbocycles. The quantitative estimate of drug-likeness (QED) is 0.809. The molecule has 2 fully saturated rings. The Bertz CT molecular complexity index is 371. The van der Waals surface area contributed by atoms with Crippen molar-refractivity contribution < 1.29 is 23.1 Å². The van der Waals surface area contributed by atoms with Gasteiger partial charge in [0.2, 0.25) is 18.2 Å². The molecule has 1 saturated carbocycles. The topological polar surface area (TPSA) is 81.4 Å². The fourth-order valence-electron chi connectivity index (χ4n) is 2.85. The first kappa shape index (κ1) is 15.2. The van der Waals surface area contributed by atoms with E-state index in [0.29, 0.717) is 38.5 Å². The molecule has 0 bridgehead atoms. The molecule has 1 aliphatic heterocycles. The van der Waals surface area contributed by atoms with Gasteiger partial charge in [-0.25, -0.2) is 8.78 Å². The molecule has 2 aliphatic rings. The van der Waals surface area contributed by atoms with E-state index in [4.69, 9.17) is 10.5 Å². The van der Waals surface area contributed by atoms with E-state index in [-0.39, 0.29) is 11.9 Å². The van der Waals surface area contributed by atoms with E-state index in [9.17, 15) is 18.4 Å². The Morgan fingerprint density at radius 3 is 2.15 bits per heavy atom. The zero-order valence-electron chi connectivity index (χ0n) is 11.2. The maximum atomic E-state index is 12.5. The molecule has 0 aromatic carbocycles. The molecular weight excluding hydrogens is 270 g/mol. The van der Waals surface area contributed by atoms with E-state index < -0.39 is 30.5 Å². The SMILES string of the molecule is NC(=O)[C@@H]1CC[C@H](C(=O)NC2CCC(C(F)F)CC2)O1. The van der Waals surface area contributed by atoms with Crippen LogP contribution in [0, 0.1) is 5.92 Å². The monoisotopic (exact) mass is 290 g/mol. The Balaban J connectivity index is 1.75. The van der Waals surface area contributed by atoms with Gasteiger partial charge >= 0.3 is 0 Å². The third-order valence-corrected chi connectivity index (χ3v) is 4.10. The molecule has 2 rings (SSSR count). The lowest BCUT2D eigenvalue weighted by molar-refractivity contribution is -0.138. The molecule has 1 heterocycles. The largest absolute Gasteiger partial charge is 0.367 e. The predicted molar refractivity (Wildman–Crippen MR) is 67.0 cm³/mol. The number of halogens is 2. The van der Waals surface area contributed by atoms with E-state index in [1.807, 2.05) is 0 Å². The first-order valence-electron chi connectivity index (χ1n) is 7.00. The zero-order valence-corrected chi connectivity index (χ0v) is 11.2. The van der Waals surface area contributed by atoms with Crippen molar-refractivity contribution in [2.24, 2.45) is 11.7 Å². The van der Waals surface area contributed by atoms with Crippen LogP contribution in [0.25, 0.3) is 0 Å². The second kappa shape index (κ2) is 6.47. The number of hydrogen-bond donors (Lipinski definition) is 2. The standard InChI is InChI=1S/C13H20F2N2O3/c14-11(15)7-1-3-8(4-2-7)17-13(19)10-6-5-9(20-10)12(16)18/h7-11H,1-6H2,(H2,16,18)(H,17,19)/t7?,8?,9-,10+/m0/s1. The molecule has 114 valence electrons. The van der Waals surface area contributed by atoms with Crippen molar-refractivity contribution in [3.05, 3.63) is 0 Å². The highest BCUT2D eigenvalue weighted by molar-refractivity contribution is 5.84. The molecular formula is C13H20F2N2O3. The molecule has 7 heteroatoms. The van der Waals surface area contributed by atoms with Crippen molar-refractivity contribution >= 4 is 11.8 Å². The number of carbonyl (C=O) groups excluding carboxylic acids is 2. The van der Waals surface area contributed by atoms with Crippen LogP contribution in [0.3, 0.4) is 0 Å². The Morgan fingerprint density at radius 1 is 1.05 bits per heavy atom. The van der Waals surface area contributed by atoms with Gasteiger partial charge in [-0.2, -0.15) is 0 Å². The first-order valence-corrected chi connectivity index (χ1v) is 7.00. The van der Waals surface area contributed by atoms with Crippen LogP contribution in [-0.4, -0.2) is 36.5 Å². The van der Waals surface area contributed by atoms with Crippen LogP contribution in [0.15, 0.2) is 0 Å². The summed E-state index contributed by atoms with van der Waals surface area (Å²) in [7, 11) is 0. The molecule has 0 spiro atoms. The number of amides is 2. The number of carbonyl (C=O) groups is 2. The number of nitrogens with two attached hydrogens (primary N) is 1. The molecule has 20 heavy (non-hydrogen) atoms. The minimum atomic E-state index is -2.28. The van der Waals surface area contributed by atoms with Gasteiger partial charge in [0.25, 0.3) is 0 Å². The van der Waals surface area contributed by atoms with Crippen molar-refractivity contribution in [3.63, 3.8) is 0 Å². The number of primary amides is 1. The summed E-state index contributed by atoms with van der Waals surface area (Å²) in [4.78, 5) is 22.9. The zero-order chi connectivity index (χ0) is 14.7. The van der Waals surface area contributed by atoms with Crippen molar-refractivity contribution in [1.82, 2.24) is 5.32 Å². The van der Waals surface area contributed by atoms with E-state index in [0.717, 1.165) is 0 Å². The number of hydrogen-bond acceptors (Lipinski definition) is 3. The molecule has 3 N–H and O–H groups in total. The minimum Gasteiger partial charge on any atom is -0.367 e. The summed E-state index contributed by atoms with van der Waals surface area (Å²) in [6, 6.07) is -0.0753. The van der Waals surface area contributed by atoms with Gasteiger partial charge in [-0.3, -0.25) is 9.59 Å².